The first-order valence-electron chi connectivity index (χ1n) is 22.8. The highest BCUT2D eigenvalue weighted by Gasteiger charge is 2.43. The van der Waals surface area contributed by atoms with E-state index in [-0.39, 0.29) is 35.0 Å². The van der Waals surface area contributed by atoms with E-state index < -0.39 is 37.4 Å². The molecule has 0 bridgehead atoms. The first kappa shape index (κ1) is 51.7. The fourth-order valence-corrected chi connectivity index (χ4v) is 11.3. The lowest BCUT2D eigenvalue weighted by Gasteiger charge is -2.28. The molecule has 2 aliphatic heterocycles. The first-order chi connectivity index (χ1) is 32.2. The molecule has 358 valence electrons. The van der Waals surface area contributed by atoms with Crippen molar-refractivity contribution >= 4 is 70.2 Å². The topological polar surface area (TPSA) is 185 Å². The third kappa shape index (κ3) is 12.1. The molecular weight excluding hydrogens is 919 g/mol. The zero-order valence-electron chi connectivity index (χ0n) is 39.0. The Bertz CT molecular complexity index is 2890. The summed E-state index contributed by atoms with van der Waals surface area (Å²) >= 11 is 0. The lowest BCUT2D eigenvalue weighted by atomic mass is 9.82. The van der Waals surface area contributed by atoms with Crippen molar-refractivity contribution in [3.63, 3.8) is 0 Å². The van der Waals surface area contributed by atoms with Crippen molar-refractivity contribution in [1.82, 2.24) is 0 Å². The molecule has 0 aromatic heterocycles. The Morgan fingerprint density at radius 2 is 1.31 bits per heavy atom. The van der Waals surface area contributed by atoms with E-state index in [4.69, 9.17) is 18.0 Å². The van der Waals surface area contributed by atoms with Gasteiger partial charge in [-0.1, -0.05) is 39.8 Å². The predicted molar refractivity (Wildman–Crippen MR) is 276 cm³/mol. The van der Waals surface area contributed by atoms with Crippen LogP contribution >= 0.6 is 10.9 Å². The summed E-state index contributed by atoms with van der Waals surface area (Å²) in [4.78, 5) is 33.9. The second-order valence-corrected chi connectivity index (χ2v) is 22.2. The largest absolute Gasteiger partial charge is 0.481 e. The summed E-state index contributed by atoms with van der Waals surface area (Å²) in [5.41, 5.74) is 6.70. The number of allylic oxidation sites excluding steroid dienone is 12. The van der Waals surface area contributed by atoms with E-state index in [9.17, 15) is 35.9 Å². The number of carbonyl (C=O) groups excluding carboxylic acids is 1. The summed E-state index contributed by atoms with van der Waals surface area (Å²) in [6.07, 6.45) is 34.2. The molecule has 0 atom stereocenters. The maximum Gasteiger partial charge on any atom is 0.386 e. The SMILES string of the molecule is C#CCCCCN1/C(=C\C=C2\CCC/C(=C\C=C3\N(CCCCC#C)c4ccc(S(=O)(=O)O)cc4C3(C)C)C2=S=C2C=CC(=NC(=O)CCCC(=O)O)C=C2)C(C)(C)c2cc([S+](=O)(O)O)ccc21. The smallest absolute Gasteiger partial charge is 0.386 e. The van der Waals surface area contributed by atoms with Gasteiger partial charge in [-0.15, -0.1) is 35.6 Å². The van der Waals surface area contributed by atoms with Crippen LogP contribution in [0.3, 0.4) is 0 Å². The first-order valence-corrected chi connectivity index (χ1v) is 26.5. The van der Waals surface area contributed by atoms with Gasteiger partial charge < -0.3 is 14.9 Å². The third-order valence-electron chi connectivity index (χ3n) is 12.7. The molecule has 2 aliphatic carbocycles. The molecule has 68 heavy (non-hydrogen) atoms. The monoisotopic (exact) mass is 978 g/mol. The number of terminal acetylenes is 2. The molecule has 0 unspecified atom stereocenters. The quantitative estimate of drug-likeness (QED) is 0.0313. The highest BCUT2D eigenvalue weighted by atomic mass is 32.3. The van der Waals surface area contributed by atoms with Crippen LogP contribution in [0.25, 0.3) is 0 Å². The van der Waals surface area contributed by atoms with Crippen molar-refractivity contribution in [2.75, 3.05) is 22.9 Å². The Balaban J connectivity index is 1.48. The van der Waals surface area contributed by atoms with Crippen molar-refractivity contribution < 1.29 is 41.0 Å². The van der Waals surface area contributed by atoms with Gasteiger partial charge in [-0.05, 0) is 139 Å². The van der Waals surface area contributed by atoms with Gasteiger partial charge in [0.2, 0.25) is 10.8 Å². The van der Waals surface area contributed by atoms with E-state index in [0.717, 1.165) is 99.7 Å². The van der Waals surface area contributed by atoms with Gasteiger partial charge in [0.05, 0.1) is 10.6 Å². The number of benzene rings is 2. The molecule has 1 saturated carbocycles. The average molecular weight is 979 g/mol. The summed E-state index contributed by atoms with van der Waals surface area (Å²) in [6, 6.07) is 9.65. The number of carboxylic acids is 1. The molecule has 2 aromatic rings. The molecule has 12 nitrogen and oxygen atoms in total. The molecule has 4 N–H and O–H groups in total. The average Bonchev–Trinajstić information content (AvgIpc) is 3.62. The van der Waals surface area contributed by atoms with Crippen LogP contribution in [-0.4, -0.2) is 67.6 Å². The van der Waals surface area contributed by atoms with Crippen molar-refractivity contribution in [1.29, 1.82) is 0 Å². The molecule has 1 amide bonds. The Morgan fingerprint density at radius 3 is 1.81 bits per heavy atom. The standard InChI is InChI=1S/C53H59N3O9S3/c1-7-9-11-13-33-55-45-29-27-41(67(60,61)62)35-43(45)52(3,4)47(55)31-21-37-17-15-18-38(51(37)66-40-25-23-39(24-26-40)54-49(57)19-16-20-50(58)59)22-32-48-53(5,6)44-36-42(68(63,64)65)28-30-46(44)56(48)34-14-12-10-8-2/h1-2,21-32,35-36H,9-20,33-34H2,3-6H3,(H3-,58,59,60,61,62,63,64,65)/p+1/b37-21-,38-22+,47-31-,48-32+. The van der Waals surface area contributed by atoms with Gasteiger partial charge in [-0.3, -0.25) is 14.1 Å². The predicted octanol–water partition coefficient (Wildman–Crippen LogP) is 10.5. The van der Waals surface area contributed by atoms with Crippen LogP contribution in [0.15, 0.2) is 122 Å². The lowest BCUT2D eigenvalue weighted by molar-refractivity contribution is -0.137. The van der Waals surface area contributed by atoms with Crippen molar-refractivity contribution in [2.45, 2.75) is 125 Å². The number of carbonyl (C=O) groups is 2. The molecule has 0 radical (unpaired) electrons. The number of hydrogen-bond donors (Lipinski definition) is 4. The van der Waals surface area contributed by atoms with Gasteiger partial charge in [0.1, 0.15) is 0 Å². The fourth-order valence-electron chi connectivity index (χ4n) is 9.12. The normalized spacial score (nSPS) is 19.7. The van der Waals surface area contributed by atoms with Gasteiger partial charge >= 0.3 is 16.5 Å². The van der Waals surface area contributed by atoms with Crippen LogP contribution in [0.4, 0.5) is 11.4 Å². The van der Waals surface area contributed by atoms with Gasteiger partial charge in [0.25, 0.3) is 10.1 Å². The van der Waals surface area contributed by atoms with Crippen LogP contribution in [0, 0.1) is 24.7 Å². The second-order valence-electron chi connectivity index (χ2n) is 18.2. The minimum Gasteiger partial charge on any atom is -0.481 e. The van der Waals surface area contributed by atoms with Crippen LogP contribution in [-0.2, 0) is 45.2 Å². The molecule has 1 fully saturated rings. The number of anilines is 2. The summed E-state index contributed by atoms with van der Waals surface area (Å²) in [5.74, 6) is 4.09. The number of amides is 1. The van der Waals surface area contributed by atoms with Crippen molar-refractivity contribution in [2.24, 2.45) is 4.99 Å². The number of carboxylic acid groups (broad SMARTS) is 1. The molecule has 4 aliphatic rings. The van der Waals surface area contributed by atoms with E-state index in [0.29, 0.717) is 31.6 Å². The van der Waals surface area contributed by atoms with Crippen LogP contribution in [0.5, 0.6) is 0 Å². The van der Waals surface area contributed by atoms with E-state index in [1.807, 2.05) is 12.2 Å². The third-order valence-corrected chi connectivity index (χ3v) is 15.6. The number of aliphatic carboxylic acids is 1. The molecule has 2 aromatic carbocycles. The van der Waals surface area contributed by atoms with Gasteiger partial charge in [0, 0.05) is 94.2 Å². The highest BCUT2D eigenvalue weighted by molar-refractivity contribution is 7.99. The Morgan fingerprint density at radius 1 is 0.779 bits per heavy atom. The molecule has 0 spiro atoms. The minimum atomic E-state index is -4.45. The Hall–Kier alpha value is -5.65. The van der Waals surface area contributed by atoms with E-state index in [2.05, 4.69) is 78.6 Å². The summed E-state index contributed by atoms with van der Waals surface area (Å²) in [5, 5.41) is 8.98. The van der Waals surface area contributed by atoms with Gasteiger partial charge in [0.15, 0.2) is 0 Å². The Kier molecular flexibility index (Phi) is 16.6. The number of hydrogen-bond acceptors (Lipinski definition) is 7. The zero-order chi connectivity index (χ0) is 49.4. The molecule has 2 heterocycles. The van der Waals surface area contributed by atoms with E-state index in [1.54, 1.807) is 47.4 Å². The fraction of sp³-hybridized carbons (Fsp3) is 0.377. The van der Waals surface area contributed by atoms with E-state index >= 15 is 0 Å². The number of nitrogens with zero attached hydrogens (tertiary/aromatic N) is 3. The Labute approximate surface area is 405 Å². The van der Waals surface area contributed by atoms with Crippen LogP contribution < -0.4 is 9.80 Å². The van der Waals surface area contributed by atoms with Crippen molar-refractivity contribution in [3.05, 3.63) is 119 Å². The number of unbranched alkanes of at least 4 members (excludes halogenated alkanes) is 4. The number of fused-ring (bicyclic) bond motifs is 2. The summed E-state index contributed by atoms with van der Waals surface area (Å²) < 4.78 is 67.2. The number of aliphatic imine (C=N–C) groups is 1. The second kappa shape index (κ2) is 21.8. The van der Waals surface area contributed by atoms with Gasteiger partial charge in [-0.2, -0.15) is 17.5 Å². The summed E-state index contributed by atoms with van der Waals surface area (Å²) in [7, 11) is -7.05. The maximum absolute atomic E-state index is 12.5. The lowest BCUT2D eigenvalue weighted by Crippen LogP contribution is -2.27. The van der Waals surface area contributed by atoms with E-state index in [1.165, 1.54) is 12.1 Å². The maximum atomic E-state index is 12.5. The molecule has 15 heteroatoms. The molecular formula is C53H60N3O9S3+. The highest BCUT2D eigenvalue weighted by Crippen LogP contribution is 2.50. The number of rotatable bonds is 16. The summed E-state index contributed by atoms with van der Waals surface area (Å²) in [6.45, 7) is 9.54. The molecule has 0 saturated heterocycles. The van der Waals surface area contributed by atoms with Crippen LogP contribution in [0.1, 0.15) is 116 Å². The van der Waals surface area contributed by atoms with Crippen molar-refractivity contribution in [3.8, 4) is 24.7 Å². The molecule has 6 rings (SSSR count). The zero-order valence-corrected chi connectivity index (χ0v) is 41.5. The van der Waals surface area contributed by atoms with Gasteiger partial charge in [-0.25, -0.2) is 4.99 Å². The van der Waals surface area contributed by atoms with Crippen LogP contribution in [0.2, 0.25) is 0 Å². The minimum absolute atomic E-state index is 0.0364.